The van der Waals surface area contributed by atoms with Gasteiger partial charge in [0.05, 0.1) is 11.0 Å². The summed E-state index contributed by atoms with van der Waals surface area (Å²) in [5.41, 5.74) is 13.1. The van der Waals surface area contributed by atoms with Crippen LogP contribution >= 0.6 is 0 Å². The molecule has 0 unspecified atom stereocenters. The van der Waals surface area contributed by atoms with Gasteiger partial charge in [0.15, 0.2) is 0 Å². The van der Waals surface area contributed by atoms with E-state index in [9.17, 15) is 0 Å². The summed E-state index contributed by atoms with van der Waals surface area (Å²) < 4.78 is 6.87. The molecule has 0 fully saturated rings. The summed E-state index contributed by atoms with van der Waals surface area (Å²) in [7, 11) is 0. The topological polar surface area (TPSA) is 40.6 Å². The fourth-order valence-corrected chi connectivity index (χ4v) is 9.50. The molecule has 6 heteroatoms. The number of benzene rings is 7. The van der Waals surface area contributed by atoms with Crippen molar-refractivity contribution in [1.82, 2.24) is 23.7 Å². The molecule has 0 bridgehead atoms. The van der Waals surface area contributed by atoms with Gasteiger partial charge in [-0.1, -0.05) is 138 Å². The van der Waals surface area contributed by atoms with E-state index in [1.54, 1.807) is 0 Å². The molecule has 0 N–H and O–H groups in total. The number of rotatable bonds is 4. The van der Waals surface area contributed by atoms with Crippen molar-refractivity contribution in [2.75, 3.05) is 0 Å². The molecule has 5 heterocycles. The van der Waals surface area contributed by atoms with E-state index < -0.39 is 0 Å². The number of nitrogens with zero attached hydrogens (tertiary/aromatic N) is 5. The summed E-state index contributed by atoms with van der Waals surface area (Å²) >= 11 is 0. The van der Waals surface area contributed by atoms with Crippen molar-refractivity contribution in [3.63, 3.8) is 0 Å². The SMILES string of the molecule is CC(C)(C)c1ccnc(-n2c3[c-]cccc3c3cc(-c4cccc5c6ccccc6n(-c6ccccc6)c45)ccc32)c1.CC(C)(C)c1ccnc(-n2c3[c-]cccc3c3ccccc32)c1.[Pt+2]. The van der Waals surface area contributed by atoms with Crippen molar-refractivity contribution in [3.8, 4) is 28.5 Å². The molecule has 0 aliphatic heterocycles. The number of aromatic nitrogens is 5. The van der Waals surface area contributed by atoms with E-state index in [1.807, 2.05) is 30.6 Å². The zero-order valence-corrected chi connectivity index (χ0v) is 40.2. The first-order chi connectivity index (χ1) is 31.5. The minimum atomic E-state index is 0. The second-order valence-electron chi connectivity index (χ2n) is 19.0. The normalized spacial score (nSPS) is 12.0. The molecule has 5 aromatic heterocycles. The first-order valence-electron chi connectivity index (χ1n) is 22.4. The molecule has 12 rings (SSSR count). The molecule has 7 aromatic carbocycles. The fourth-order valence-electron chi connectivity index (χ4n) is 9.50. The van der Waals surface area contributed by atoms with Crippen LogP contribution in [-0.2, 0) is 31.9 Å². The third-order valence-corrected chi connectivity index (χ3v) is 12.8. The zero-order chi connectivity index (χ0) is 44.5. The average molecular weight is 1040 g/mol. The van der Waals surface area contributed by atoms with Crippen LogP contribution in [0.5, 0.6) is 0 Å². The summed E-state index contributed by atoms with van der Waals surface area (Å²) in [4.78, 5) is 9.46. The molecule has 324 valence electrons. The van der Waals surface area contributed by atoms with Gasteiger partial charge in [-0.2, -0.15) is 48.5 Å². The first-order valence-corrected chi connectivity index (χ1v) is 22.4. The third kappa shape index (κ3) is 7.32. The molecule has 0 amide bonds. The first kappa shape index (κ1) is 42.9. The van der Waals surface area contributed by atoms with Crippen molar-refractivity contribution in [2.45, 2.75) is 52.4 Å². The monoisotopic (exact) mass is 1030 g/mol. The minimum Gasteiger partial charge on any atom is -0.319 e. The molecular weight excluding hydrogens is 986 g/mol. The van der Waals surface area contributed by atoms with Crippen molar-refractivity contribution in [1.29, 1.82) is 0 Å². The van der Waals surface area contributed by atoms with Gasteiger partial charge in [0.2, 0.25) is 0 Å². The number of hydrogen-bond donors (Lipinski definition) is 0. The maximum absolute atomic E-state index is 4.83. The van der Waals surface area contributed by atoms with E-state index >= 15 is 0 Å². The molecule has 0 aliphatic rings. The predicted molar refractivity (Wildman–Crippen MR) is 272 cm³/mol. The summed E-state index contributed by atoms with van der Waals surface area (Å²) in [6, 6.07) is 69.3. The Morgan fingerprint density at radius 3 is 1.48 bits per heavy atom. The number of para-hydroxylation sites is 6. The second-order valence-corrected chi connectivity index (χ2v) is 19.0. The van der Waals surface area contributed by atoms with Crippen LogP contribution in [0.3, 0.4) is 0 Å². The van der Waals surface area contributed by atoms with Crippen LogP contribution in [0, 0.1) is 12.1 Å². The Bertz CT molecular complexity index is 3690. The Morgan fingerprint density at radius 1 is 0.409 bits per heavy atom. The Hall–Kier alpha value is -7.07. The summed E-state index contributed by atoms with van der Waals surface area (Å²) in [6.45, 7) is 13.4. The molecule has 0 radical (unpaired) electrons. The van der Waals surface area contributed by atoms with Gasteiger partial charge in [-0.3, -0.25) is 0 Å². The standard InChI is InChI=1S/C39H30N3.C21H19N2.Pt/c1-39(2,3)27-22-23-40-37(25-27)42-35-19-10-8-15-31(35)33-24-26(20-21-36(33)42)29-16-11-17-32-30-14-7-9-18-34(30)41(38(29)32)28-12-5-4-6-13-28;1-21(2,3)15-12-13-22-20(14-15)23-18-10-6-4-8-16(18)17-9-5-7-11-19(17)23;/h4-18,20-25H,1-3H3;4-10,12-14H,1-3H3;/q2*-1;+2. The predicted octanol–water partition coefficient (Wildman–Crippen LogP) is 15.3. The summed E-state index contributed by atoms with van der Waals surface area (Å²) in [5, 5.41) is 7.34. The van der Waals surface area contributed by atoms with Crippen molar-refractivity contribution in [2.24, 2.45) is 0 Å². The fraction of sp³-hybridized carbons (Fsp3) is 0.133. The van der Waals surface area contributed by atoms with Crippen LogP contribution in [0.15, 0.2) is 188 Å². The smallest absolute Gasteiger partial charge is 0.319 e. The van der Waals surface area contributed by atoms with Crippen molar-refractivity contribution < 1.29 is 21.1 Å². The van der Waals surface area contributed by atoms with Gasteiger partial charge in [-0.15, -0.1) is 10.8 Å². The minimum absolute atomic E-state index is 0. The summed E-state index contributed by atoms with van der Waals surface area (Å²) in [5.74, 6) is 1.87. The van der Waals surface area contributed by atoms with Gasteiger partial charge < -0.3 is 13.7 Å². The molecule has 0 saturated carbocycles. The van der Waals surface area contributed by atoms with Crippen molar-refractivity contribution >= 4 is 65.4 Å². The number of fused-ring (bicyclic) bond motifs is 9. The van der Waals surface area contributed by atoms with Gasteiger partial charge >= 0.3 is 21.1 Å². The quantitative estimate of drug-likeness (QED) is 0.165. The molecule has 0 atom stereocenters. The molecule has 0 spiro atoms. The summed E-state index contributed by atoms with van der Waals surface area (Å²) in [6.07, 6.45) is 3.83. The third-order valence-electron chi connectivity index (χ3n) is 12.8. The van der Waals surface area contributed by atoms with Gasteiger partial charge in [0.1, 0.15) is 11.6 Å². The van der Waals surface area contributed by atoms with Crippen LogP contribution in [0.1, 0.15) is 52.7 Å². The number of hydrogen-bond acceptors (Lipinski definition) is 2. The second kappa shape index (κ2) is 16.7. The average Bonchev–Trinajstić information content (AvgIpc) is 3.97. The van der Waals surface area contributed by atoms with E-state index in [0.717, 1.165) is 33.9 Å². The Labute approximate surface area is 400 Å². The number of pyridine rings is 2. The van der Waals surface area contributed by atoms with Crippen LogP contribution in [0.25, 0.3) is 93.9 Å². The van der Waals surface area contributed by atoms with Gasteiger partial charge in [-0.05, 0) is 92.9 Å². The zero-order valence-electron chi connectivity index (χ0n) is 38.0. The van der Waals surface area contributed by atoms with E-state index in [2.05, 4.69) is 230 Å². The molecular formula is C60H49N5Pt. The van der Waals surface area contributed by atoms with Gasteiger partial charge in [0, 0.05) is 45.5 Å². The maximum Gasteiger partial charge on any atom is 2.00 e. The molecule has 12 aromatic rings. The largest absolute Gasteiger partial charge is 2.00 e. The van der Waals surface area contributed by atoms with E-state index in [-0.39, 0.29) is 31.9 Å². The Morgan fingerprint density at radius 2 is 0.894 bits per heavy atom. The maximum atomic E-state index is 4.83. The molecule has 5 nitrogen and oxygen atoms in total. The molecule has 0 aliphatic carbocycles. The van der Waals surface area contributed by atoms with Gasteiger partial charge in [-0.25, -0.2) is 9.97 Å². The molecule has 0 saturated heterocycles. The van der Waals surface area contributed by atoms with E-state index in [4.69, 9.17) is 4.98 Å². The van der Waals surface area contributed by atoms with Crippen LogP contribution in [0.2, 0.25) is 0 Å². The molecule has 66 heavy (non-hydrogen) atoms. The van der Waals surface area contributed by atoms with E-state index in [1.165, 1.54) is 71.1 Å². The Balaban J connectivity index is 0.000000180. The van der Waals surface area contributed by atoms with Crippen LogP contribution in [-0.4, -0.2) is 23.7 Å². The van der Waals surface area contributed by atoms with E-state index in [0.29, 0.717) is 0 Å². The Kier molecular flexibility index (Phi) is 10.9. The van der Waals surface area contributed by atoms with Crippen molar-refractivity contribution in [3.05, 3.63) is 212 Å². The van der Waals surface area contributed by atoms with Crippen LogP contribution < -0.4 is 0 Å². The van der Waals surface area contributed by atoms with Crippen LogP contribution in [0.4, 0.5) is 0 Å². The van der Waals surface area contributed by atoms with Gasteiger partial charge in [0.25, 0.3) is 0 Å².